The van der Waals surface area contributed by atoms with Gasteiger partial charge in [-0.25, -0.2) is 4.79 Å². The van der Waals surface area contributed by atoms with Crippen molar-refractivity contribution in [2.24, 2.45) is 0 Å². The van der Waals surface area contributed by atoms with Gasteiger partial charge in [0.2, 0.25) is 0 Å². The molecule has 0 heterocycles. The first-order chi connectivity index (χ1) is 22.7. The average molecular weight is 647 g/mol. The maximum Gasteiger partial charge on any atom is 0.333 e. The average Bonchev–Trinajstić information content (AvgIpc) is 3.06. The van der Waals surface area contributed by atoms with Crippen molar-refractivity contribution in [3.05, 3.63) is 11.6 Å². The van der Waals surface area contributed by atoms with Crippen molar-refractivity contribution < 1.29 is 9.53 Å². The molecule has 0 spiro atoms. The van der Waals surface area contributed by atoms with E-state index in [1.807, 2.05) is 6.92 Å². The Labute approximate surface area is 291 Å². The van der Waals surface area contributed by atoms with E-state index in [0.717, 1.165) is 18.4 Å². The van der Waals surface area contributed by atoms with E-state index >= 15 is 0 Å². The predicted molar refractivity (Wildman–Crippen MR) is 207 cm³/mol. The molecule has 0 saturated heterocycles. The quantitative estimate of drug-likeness (QED) is 0.0377. The summed E-state index contributed by atoms with van der Waals surface area (Å²) in [7, 11) is 0. The Kier molecular flexibility index (Phi) is 39.7. The number of ether oxygens (including phenoxy) is 1. The normalized spacial score (nSPS) is 11.8. The summed E-state index contributed by atoms with van der Waals surface area (Å²) >= 11 is 0. The monoisotopic (exact) mass is 647 g/mol. The third-order valence-electron chi connectivity index (χ3n) is 10.1. The van der Waals surface area contributed by atoms with Gasteiger partial charge in [-0.15, -0.1) is 0 Å². The minimum absolute atomic E-state index is 0.102. The lowest BCUT2D eigenvalue weighted by molar-refractivity contribution is -0.139. The maximum absolute atomic E-state index is 12.3. The summed E-state index contributed by atoms with van der Waals surface area (Å²) in [5.41, 5.74) is 0.800. The largest absolute Gasteiger partial charge is 0.462 e. The van der Waals surface area contributed by atoms with Crippen LogP contribution in [0, 0.1) is 0 Å². The molecular formula is C44H86O2. The van der Waals surface area contributed by atoms with Crippen molar-refractivity contribution in [2.75, 3.05) is 6.61 Å². The summed E-state index contributed by atoms with van der Waals surface area (Å²) < 4.78 is 5.52. The summed E-state index contributed by atoms with van der Waals surface area (Å²) in [6.07, 6.45) is 53.3. The maximum atomic E-state index is 12.3. The lowest BCUT2D eigenvalue weighted by Crippen LogP contribution is -2.07. The molecule has 0 rings (SSSR count). The van der Waals surface area contributed by atoms with Crippen LogP contribution in [-0.2, 0) is 9.53 Å². The van der Waals surface area contributed by atoms with E-state index in [9.17, 15) is 4.79 Å². The molecule has 0 amide bonds. The molecule has 0 aliphatic heterocycles. The summed E-state index contributed by atoms with van der Waals surface area (Å²) in [6, 6.07) is 0. The zero-order valence-electron chi connectivity index (χ0n) is 32.3. The second kappa shape index (κ2) is 40.4. The number of carbonyl (C=O) groups is 1. The molecule has 0 N–H and O–H groups in total. The smallest absolute Gasteiger partial charge is 0.333 e. The van der Waals surface area contributed by atoms with Crippen LogP contribution in [0.5, 0.6) is 0 Å². The zero-order valence-corrected chi connectivity index (χ0v) is 32.3. The Morgan fingerprint density at radius 1 is 0.370 bits per heavy atom. The second-order valence-corrected chi connectivity index (χ2v) is 14.8. The van der Waals surface area contributed by atoms with Crippen LogP contribution in [0.4, 0.5) is 0 Å². The van der Waals surface area contributed by atoms with Crippen molar-refractivity contribution in [2.45, 2.75) is 258 Å². The third-order valence-corrected chi connectivity index (χ3v) is 10.1. The van der Waals surface area contributed by atoms with Gasteiger partial charge in [0, 0.05) is 5.57 Å². The van der Waals surface area contributed by atoms with Gasteiger partial charge in [0.05, 0.1) is 6.61 Å². The number of hydrogen-bond acceptors (Lipinski definition) is 2. The minimum Gasteiger partial charge on any atom is -0.462 e. The number of carbonyl (C=O) groups excluding carboxylic acids is 1. The number of rotatable bonds is 39. The van der Waals surface area contributed by atoms with Gasteiger partial charge in [0.25, 0.3) is 0 Å². The van der Waals surface area contributed by atoms with E-state index < -0.39 is 0 Å². The number of unbranched alkanes of at least 4 members (excludes halogenated alkanes) is 35. The van der Waals surface area contributed by atoms with Crippen LogP contribution in [0.3, 0.4) is 0 Å². The predicted octanol–water partition coefficient (Wildman–Crippen LogP) is 15.9. The summed E-state index contributed by atoms with van der Waals surface area (Å²) in [5.74, 6) is -0.102. The zero-order chi connectivity index (χ0) is 33.4. The van der Waals surface area contributed by atoms with Crippen LogP contribution >= 0.6 is 0 Å². The van der Waals surface area contributed by atoms with E-state index in [0.29, 0.717) is 6.61 Å². The number of hydrogen-bond donors (Lipinski definition) is 0. The molecule has 0 aromatic heterocycles. The fourth-order valence-corrected chi connectivity index (χ4v) is 6.73. The van der Waals surface area contributed by atoms with Gasteiger partial charge in [0.1, 0.15) is 0 Å². The molecule has 46 heavy (non-hydrogen) atoms. The Hall–Kier alpha value is -0.790. The molecule has 0 unspecified atom stereocenters. The Morgan fingerprint density at radius 3 is 0.891 bits per heavy atom. The van der Waals surface area contributed by atoms with E-state index in [1.54, 1.807) is 0 Å². The summed E-state index contributed by atoms with van der Waals surface area (Å²) in [4.78, 5) is 12.3. The third kappa shape index (κ3) is 37.7. The van der Waals surface area contributed by atoms with Gasteiger partial charge in [-0.1, -0.05) is 238 Å². The summed E-state index contributed by atoms with van der Waals surface area (Å²) in [6.45, 7) is 7.10. The number of esters is 1. The van der Waals surface area contributed by atoms with Gasteiger partial charge in [-0.2, -0.15) is 0 Å². The molecular weight excluding hydrogens is 560 g/mol. The van der Waals surface area contributed by atoms with Crippen LogP contribution in [0.2, 0.25) is 0 Å². The van der Waals surface area contributed by atoms with Crippen LogP contribution in [0.1, 0.15) is 258 Å². The van der Waals surface area contributed by atoms with E-state index in [1.165, 1.54) is 225 Å². The molecule has 2 heteroatoms. The first kappa shape index (κ1) is 45.2. The molecule has 0 aliphatic carbocycles. The first-order valence-electron chi connectivity index (χ1n) is 21.6. The molecule has 0 aliphatic rings. The van der Waals surface area contributed by atoms with E-state index in [-0.39, 0.29) is 5.97 Å². The molecule has 274 valence electrons. The fraction of sp³-hybridized carbons (Fsp3) is 0.932. The van der Waals surface area contributed by atoms with Gasteiger partial charge in [-0.05, 0) is 26.2 Å². The first-order valence-corrected chi connectivity index (χ1v) is 21.6. The van der Waals surface area contributed by atoms with Gasteiger partial charge in [-0.3, -0.25) is 0 Å². The van der Waals surface area contributed by atoms with E-state index in [2.05, 4.69) is 19.9 Å². The van der Waals surface area contributed by atoms with Crippen LogP contribution in [-0.4, -0.2) is 12.6 Å². The van der Waals surface area contributed by atoms with Crippen molar-refractivity contribution in [1.29, 1.82) is 0 Å². The standard InChI is InChI=1S/C44H86O2/c1-4-6-8-10-12-14-16-18-20-22-24-25-27-29-31-33-35-37-39-41-43(3)44(45)46-42-40-38-36-34-32-30-28-26-23-21-19-17-15-13-11-9-7-5-2/h41H,4-40,42H2,1-3H3. The van der Waals surface area contributed by atoms with Crippen LogP contribution < -0.4 is 0 Å². The molecule has 0 aromatic rings. The molecule has 0 bridgehead atoms. The minimum atomic E-state index is -0.102. The van der Waals surface area contributed by atoms with Gasteiger partial charge < -0.3 is 4.74 Å². The summed E-state index contributed by atoms with van der Waals surface area (Å²) in [5, 5.41) is 0. The lowest BCUT2D eigenvalue weighted by Gasteiger charge is -2.06. The highest BCUT2D eigenvalue weighted by Gasteiger charge is 2.05. The van der Waals surface area contributed by atoms with Crippen molar-refractivity contribution in [3.8, 4) is 0 Å². The molecule has 0 atom stereocenters. The lowest BCUT2D eigenvalue weighted by atomic mass is 10.0. The van der Waals surface area contributed by atoms with Gasteiger partial charge >= 0.3 is 5.97 Å². The molecule has 0 saturated carbocycles. The Balaban J connectivity index is 3.31. The Bertz CT molecular complexity index is 609. The highest BCUT2D eigenvalue weighted by Crippen LogP contribution is 2.16. The van der Waals surface area contributed by atoms with Crippen molar-refractivity contribution in [1.82, 2.24) is 0 Å². The molecule has 0 aromatic carbocycles. The van der Waals surface area contributed by atoms with E-state index in [4.69, 9.17) is 4.74 Å². The van der Waals surface area contributed by atoms with Crippen LogP contribution in [0.15, 0.2) is 11.6 Å². The Morgan fingerprint density at radius 2 is 0.609 bits per heavy atom. The molecule has 0 fully saturated rings. The van der Waals surface area contributed by atoms with Crippen molar-refractivity contribution >= 4 is 5.97 Å². The number of allylic oxidation sites excluding steroid dienone is 1. The SMILES string of the molecule is CCCCCCCCCCCCCCCCCCCCC=C(C)C(=O)OCCCCCCCCCCCCCCCCCCCC. The van der Waals surface area contributed by atoms with Gasteiger partial charge in [0.15, 0.2) is 0 Å². The second-order valence-electron chi connectivity index (χ2n) is 14.8. The van der Waals surface area contributed by atoms with Crippen molar-refractivity contribution in [3.63, 3.8) is 0 Å². The highest BCUT2D eigenvalue weighted by molar-refractivity contribution is 5.87. The molecule has 2 nitrogen and oxygen atoms in total. The fourth-order valence-electron chi connectivity index (χ4n) is 6.73. The van der Waals surface area contributed by atoms with Crippen LogP contribution in [0.25, 0.3) is 0 Å². The molecule has 0 radical (unpaired) electrons. The topological polar surface area (TPSA) is 26.3 Å². The highest BCUT2D eigenvalue weighted by atomic mass is 16.5.